The van der Waals surface area contributed by atoms with E-state index >= 15 is 0 Å². The quantitative estimate of drug-likeness (QED) is 0.869. The molecular formula is C16H18N2O4. The summed E-state index contributed by atoms with van der Waals surface area (Å²) in [6, 6.07) is 3.91. The highest BCUT2D eigenvalue weighted by molar-refractivity contribution is 5.91. The molecule has 0 saturated carbocycles. The van der Waals surface area contributed by atoms with Crippen molar-refractivity contribution in [3.8, 4) is 11.5 Å². The number of oxazole rings is 1. The van der Waals surface area contributed by atoms with E-state index in [-0.39, 0.29) is 11.7 Å². The maximum Gasteiger partial charge on any atom is 0.291 e. The molecule has 1 amide bonds. The van der Waals surface area contributed by atoms with Crippen LogP contribution in [-0.2, 0) is 13.0 Å². The molecule has 2 aromatic rings. The molecule has 1 aromatic heterocycles. The van der Waals surface area contributed by atoms with Crippen molar-refractivity contribution in [3.63, 3.8) is 0 Å². The Labute approximate surface area is 128 Å². The Balaban J connectivity index is 1.85. The van der Waals surface area contributed by atoms with Crippen LogP contribution < -0.4 is 9.47 Å². The van der Waals surface area contributed by atoms with Crippen molar-refractivity contribution >= 4 is 5.91 Å². The predicted molar refractivity (Wildman–Crippen MR) is 79.2 cm³/mol. The molecule has 0 fully saturated rings. The van der Waals surface area contributed by atoms with Gasteiger partial charge in [-0.15, -0.1) is 0 Å². The average Bonchev–Trinajstić information content (AvgIpc) is 2.98. The molecule has 6 nitrogen and oxygen atoms in total. The molecule has 0 spiro atoms. The van der Waals surface area contributed by atoms with Gasteiger partial charge in [0.1, 0.15) is 0 Å². The Morgan fingerprint density at radius 3 is 2.50 bits per heavy atom. The van der Waals surface area contributed by atoms with Crippen molar-refractivity contribution < 1.29 is 18.7 Å². The fourth-order valence-electron chi connectivity index (χ4n) is 2.67. The van der Waals surface area contributed by atoms with Crippen LogP contribution in [-0.4, -0.2) is 36.6 Å². The number of fused-ring (bicyclic) bond motifs is 1. The average molecular weight is 302 g/mol. The first-order chi connectivity index (χ1) is 10.6. The van der Waals surface area contributed by atoms with Gasteiger partial charge in [0.15, 0.2) is 17.4 Å². The molecule has 0 N–H and O–H groups in total. The molecule has 0 atom stereocenters. The summed E-state index contributed by atoms with van der Waals surface area (Å²) in [4.78, 5) is 18.2. The van der Waals surface area contributed by atoms with Crippen LogP contribution in [0.25, 0.3) is 0 Å². The lowest BCUT2D eigenvalue weighted by Gasteiger charge is -2.28. The van der Waals surface area contributed by atoms with E-state index in [2.05, 4.69) is 4.98 Å². The number of ether oxygens (including phenoxy) is 2. The molecule has 3 rings (SSSR count). The van der Waals surface area contributed by atoms with Gasteiger partial charge < -0.3 is 18.8 Å². The number of nitrogens with zero attached hydrogens (tertiary/aromatic N) is 2. The van der Waals surface area contributed by atoms with Gasteiger partial charge in [0.05, 0.1) is 20.4 Å². The number of carbonyl (C=O) groups is 1. The minimum absolute atomic E-state index is 0.138. The Hall–Kier alpha value is -2.50. The number of hydrogen-bond acceptors (Lipinski definition) is 5. The SMILES string of the molecule is COc1cc2c(cc1OC)CN(C(=O)c1cnc(C)o1)CC2. The minimum atomic E-state index is -0.138. The van der Waals surface area contributed by atoms with E-state index in [1.165, 1.54) is 11.8 Å². The summed E-state index contributed by atoms with van der Waals surface area (Å²) in [7, 11) is 3.22. The summed E-state index contributed by atoms with van der Waals surface area (Å²) < 4.78 is 16.0. The zero-order valence-electron chi connectivity index (χ0n) is 12.9. The monoisotopic (exact) mass is 302 g/mol. The van der Waals surface area contributed by atoms with Crippen LogP contribution in [0.5, 0.6) is 11.5 Å². The summed E-state index contributed by atoms with van der Waals surface area (Å²) in [6.07, 6.45) is 2.25. The predicted octanol–water partition coefficient (Wildman–Crippen LogP) is 2.20. The molecule has 0 bridgehead atoms. The first-order valence-corrected chi connectivity index (χ1v) is 7.08. The normalized spacial score (nSPS) is 13.7. The fourth-order valence-corrected chi connectivity index (χ4v) is 2.67. The number of aromatic nitrogens is 1. The van der Waals surface area contributed by atoms with Crippen LogP contribution in [0, 0.1) is 6.92 Å². The van der Waals surface area contributed by atoms with Crippen molar-refractivity contribution in [3.05, 3.63) is 41.1 Å². The largest absolute Gasteiger partial charge is 0.493 e. The van der Waals surface area contributed by atoms with Crippen molar-refractivity contribution in [2.75, 3.05) is 20.8 Å². The van der Waals surface area contributed by atoms with E-state index in [1.54, 1.807) is 26.0 Å². The third-order valence-electron chi connectivity index (χ3n) is 3.84. The fraction of sp³-hybridized carbons (Fsp3) is 0.375. The maximum absolute atomic E-state index is 12.4. The molecule has 1 aliphatic heterocycles. The van der Waals surface area contributed by atoms with Gasteiger partial charge in [0.25, 0.3) is 5.91 Å². The molecule has 2 heterocycles. The highest BCUT2D eigenvalue weighted by atomic mass is 16.5. The highest BCUT2D eigenvalue weighted by Crippen LogP contribution is 2.33. The molecule has 1 aromatic carbocycles. The second-order valence-corrected chi connectivity index (χ2v) is 5.20. The topological polar surface area (TPSA) is 64.8 Å². The number of aryl methyl sites for hydroxylation is 1. The van der Waals surface area contributed by atoms with Crippen molar-refractivity contribution in [1.82, 2.24) is 9.88 Å². The maximum atomic E-state index is 12.4. The number of hydrogen-bond donors (Lipinski definition) is 0. The smallest absolute Gasteiger partial charge is 0.291 e. The lowest BCUT2D eigenvalue weighted by molar-refractivity contribution is 0.0700. The standard InChI is InChI=1S/C16H18N2O4/c1-10-17-8-15(22-10)16(19)18-5-4-11-6-13(20-2)14(21-3)7-12(11)9-18/h6-8H,4-5,9H2,1-3H3. The lowest BCUT2D eigenvalue weighted by atomic mass is 9.98. The third kappa shape index (κ3) is 2.52. The van der Waals surface area contributed by atoms with Gasteiger partial charge in [-0.05, 0) is 29.7 Å². The third-order valence-corrected chi connectivity index (χ3v) is 3.84. The number of methoxy groups -OCH3 is 2. The van der Waals surface area contributed by atoms with Gasteiger partial charge in [0.2, 0.25) is 5.76 Å². The van der Waals surface area contributed by atoms with Crippen LogP contribution in [0.1, 0.15) is 27.6 Å². The van der Waals surface area contributed by atoms with E-state index in [1.807, 2.05) is 12.1 Å². The van der Waals surface area contributed by atoms with Gasteiger partial charge >= 0.3 is 0 Å². The Morgan fingerprint density at radius 1 is 1.23 bits per heavy atom. The van der Waals surface area contributed by atoms with Crippen molar-refractivity contribution in [2.24, 2.45) is 0 Å². The van der Waals surface area contributed by atoms with E-state index in [4.69, 9.17) is 13.9 Å². The molecule has 0 unspecified atom stereocenters. The number of rotatable bonds is 3. The van der Waals surface area contributed by atoms with Crippen molar-refractivity contribution in [1.29, 1.82) is 0 Å². The number of amides is 1. The molecule has 116 valence electrons. The number of carbonyl (C=O) groups excluding carboxylic acids is 1. The van der Waals surface area contributed by atoms with Gasteiger partial charge in [-0.25, -0.2) is 4.98 Å². The van der Waals surface area contributed by atoms with Crippen LogP contribution in [0.4, 0.5) is 0 Å². The Kier molecular flexibility index (Phi) is 3.75. The molecular weight excluding hydrogens is 284 g/mol. The van der Waals surface area contributed by atoms with Gasteiger partial charge in [-0.1, -0.05) is 0 Å². The van der Waals surface area contributed by atoms with E-state index < -0.39 is 0 Å². The highest BCUT2D eigenvalue weighted by Gasteiger charge is 2.25. The van der Waals surface area contributed by atoms with Gasteiger partial charge in [-0.3, -0.25) is 4.79 Å². The molecule has 0 saturated heterocycles. The molecule has 0 radical (unpaired) electrons. The second kappa shape index (κ2) is 5.71. The summed E-state index contributed by atoms with van der Waals surface area (Å²) in [5, 5.41) is 0. The summed E-state index contributed by atoms with van der Waals surface area (Å²) >= 11 is 0. The number of benzene rings is 1. The van der Waals surface area contributed by atoms with Crippen LogP contribution in [0.3, 0.4) is 0 Å². The van der Waals surface area contributed by atoms with Crippen LogP contribution in [0.15, 0.2) is 22.7 Å². The molecule has 6 heteroatoms. The Morgan fingerprint density at radius 2 is 1.91 bits per heavy atom. The summed E-state index contributed by atoms with van der Waals surface area (Å²) in [5.74, 6) is 2.02. The van der Waals surface area contributed by atoms with E-state index in [9.17, 15) is 4.79 Å². The van der Waals surface area contributed by atoms with Gasteiger partial charge in [-0.2, -0.15) is 0 Å². The zero-order chi connectivity index (χ0) is 15.7. The molecule has 1 aliphatic rings. The molecule has 22 heavy (non-hydrogen) atoms. The van der Waals surface area contributed by atoms with Crippen LogP contribution in [0.2, 0.25) is 0 Å². The van der Waals surface area contributed by atoms with Crippen LogP contribution >= 0.6 is 0 Å². The van der Waals surface area contributed by atoms with E-state index in [0.29, 0.717) is 30.5 Å². The zero-order valence-corrected chi connectivity index (χ0v) is 12.9. The van der Waals surface area contributed by atoms with Gasteiger partial charge in [0, 0.05) is 20.0 Å². The molecule has 0 aliphatic carbocycles. The van der Waals surface area contributed by atoms with Crippen molar-refractivity contribution in [2.45, 2.75) is 19.9 Å². The van der Waals surface area contributed by atoms with E-state index in [0.717, 1.165) is 12.0 Å². The minimum Gasteiger partial charge on any atom is -0.493 e. The first kappa shape index (κ1) is 14.4. The summed E-state index contributed by atoms with van der Waals surface area (Å²) in [6.45, 7) is 2.88. The summed E-state index contributed by atoms with van der Waals surface area (Å²) in [5.41, 5.74) is 2.24. The second-order valence-electron chi connectivity index (χ2n) is 5.20. The first-order valence-electron chi connectivity index (χ1n) is 7.08. The Bertz CT molecular complexity index is 708. The lowest BCUT2D eigenvalue weighted by Crippen LogP contribution is -2.35.